The van der Waals surface area contributed by atoms with E-state index in [2.05, 4.69) is 5.32 Å². The van der Waals surface area contributed by atoms with E-state index in [1.165, 1.54) is 0 Å². The SMILES string of the molecule is C[C@H](CN1CCCC1=O)NC(=O)C1CCN(C(=O)OC(C)(C)C)CC1. The van der Waals surface area contributed by atoms with E-state index in [4.69, 9.17) is 4.74 Å². The summed E-state index contributed by atoms with van der Waals surface area (Å²) in [6.45, 7) is 9.89. The van der Waals surface area contributed by atoms with Crippen molar-refractivity contribution in [1.29, 1.82) is 0 Å². The number of nitrogens with zero attached hydrogens (tertiary/aromatic N) is 2. The van der Waals surface area contributed by atoms with Crippen molar-refractivity contribution in [2.45, 2.75) is 65.0 Å². The van der Waals surface area contributed by atoms with Gasteiger partial charge in [-0.05, 0) is 47.0 Å². The van der Waals surface area contributed by atoms with Crippen molar-refractivity contribution >= 4 is 17.9 Å². The molecule has 7 heteroatoms. The van der Waals surface area contributed by atoms with Gasteiger partial charge in [0.05, 0.1) is 0 Å². The van der Waals surface area contributed by atoms with E-state index >= 15 is 0 Å². The minimum atomic E-state index is -0.506. The third-order valence-corrected chi connectivity index (χ3v) is 4.57. The Balaban J connectivity index is 1.73. The van der Waals surface area contributed by atoms with Crippen LogP contribution in [0.15, 0.2) is 0 Å². The Hall–Kier alpha value is -1.79. The molecule has 0 aromatic rings. The Morgan fingerprint density at radius 1 is 1.24 bits per heavy atom. The number of carbonyl (C=O) groups excluding carboxylic acids is 3. The lowest BCUT2D eigenvalue weighted by Gasteiger charge is -2.33. The quantitative estimate of drug-likeness (QED) is 0.835. The molecule has 2 saturated heterocycles. The Bertz CT molecular complexity index is 507. The average molecular weight is 353 g/mol. The van der Waals surface area contributed by atoms with Crippen molar-refractivity contribution < 1.29 is 19.1 Å². The van der Waals surface area contributed by atoms with Crippen LogP contribution in [0.5, 0.6) is 0 Å². The fourth-order valence-corrected chi connectivity index (χ4v) is 3.28. The van der Waals surface area contributed by atoms with Gasteiger partial charge in [0.1, 0.15) is 5.60 Å². The number of piperidine rings is 1. The Labute approximate surface area is 150 Å². The fourth-order valence-electron chi connectivity index (χ4n) is 3.28. The normalized spacial score (nSPS) is 20.6. The Morgan fingerprint density at radius 3 is 2.40 bits per heavy atom. The Morgan fingerprint density at radius 2 is 1.88 bits per heavy atom. The van der Waals surface area contributed by atoms with E-state index in [0.717, 1.165) is 13.0 Å². The molecule has 0 saturated carbocycles. The molecule has 25 heavy (non-hydrogen) atoms. The molecule has 3 amide bonds. The first-order valence-electron chi connectivity index (χ1n) is 9.22. The first-order valence-corrected chi connectivity index (χ1v) is 9.22. The molecule has 0 unspecified atom stereocenters. The van der Waals surface area contributed by atoms with E-state index in [-0.39, 0.29) is 29.9 Å². The number of amides is 3. The number of ether oxygens (including phenoxy) is 1. The summed E-state index contributed by atoms with van der Waals surface area (Å²) in [6, 6.07) is -0.0570. The average Bonchev–Trinajstić information content (AvgIpc) is 2.90. The molecule has 0 aromatic carbocycles. The van der Waals surface area contributed by atoms with Crippen LogP contribution in [-0.4, -0.2) is 65.5 Å². The van der Waals surface area contributed by atoms with Gasteiger partial charge in [-0.15, -0.1) is 0 Å². The summed E-state index contributed by atoms with van der Waals surface area (Å²) in [4.78, 5) is 39.6. The van der Waals surface area contributed by atoms with Crippen LogP contribution >= 0.6 is 0 Å². The maximum absolute atomic E-state index is 12.4. The minimum absolute atomic E-state index is 0.0167. The van der Waals surface area contributed by atoms with Crippen LogP contribution in [0.3, 0.4) is 0 Å². The first-order chi connectivity index (χ1) is 11.7. The summed E-state index contributed by atoms with van der Waals surface area (Å²) in [5.74, 6) is 0.102. The van der Waals surface area contributed by atoms with Gasteiger partial charge in [-0.25, -0.2) is 4.79 Å². The highest BCUT2D eigenvalue weighted by molar-refractivity contribution is 5.80. The molecule has 142 valence electrons. The molecule has 7 nitrogen and oxygen atoms in total. The van der Waals surface area contributed by atoms with Crippen LogP contribution in [0, 0.1) is 5.92 Å². The van der Waals surface area contributed by atoms with E-state index in [9.17, 15) is 14.4 Å². The smallest absolute Gasteiger partial charge is 0.410 e. The van der Waals surface area contributed by atoms with Gasteiger partial charge in [0, 0.05) is 44.6 Å². The molecule has 2 aliphatic heterocycles. The number of hydrogen-bond donors (Lipinski definition) is 1. The van der Waals surface area contributed by atoms with E-state index in [0.29, 0.717) is 38.9 Å². The predicted octanol–water partition coefficient (Wildman–Crippen LogP) is 1.76. The van der Waals surface area contributed by atoms with Gasteiger partial charge in [0.25, 0.3) is 0 Å². The second-order valence-corrected chi connectivity index (χ2v) is 8.09. The second-order valence-electron chi connectivity index (χ2n) is 8.09. The van der Waals surface area contributed by atoms with Gasteiger partial charge >= 0.3 is 6.09 Å². The molecule has 0 aromatic heterocycles. The van der Waals surface area contributed by atoms with E-state index in [1.807, 2.05) is 32.6 Å². The zero-order valence-corrected chi connectivity index (χ0v) is 15.8. The number of rotatable bonds is 4. The molecule has 0 bridgehead atoms. The topological polar surface area (TPSA) is 79.0 Å². The van der Waals surface area contributed by atoms with Crippen LogP contribution in [0.2, 0.25) is 0 Å². The van der Waals surface area contributed by atoms with Crippen LogP contribution in [0.25, 0.3) is 0 Å². The van der Waals surface area contributed by atoms with Gasteiger partial charge in [-0.1, -0.05) is 0 Å². The molecule has 2 heterocycles. The maximum Gasteiger partial charge on any atom is 0.410 e. The lowest BCUT2D eigenvalue weighted by molar-refractivity contribution is -0.130. The molecule has 0 aliphatic carbocycles. The highest BCUT2D eigenvalue weighted by Crippen LogP contribution is 2.20. The number of nitrogens with one attached hydrogen (secondary N) is 1. The number of hydrogen-bond acceptors (Lipinski definition) is 4. The lowest BCUT2D eigenvalue weighted by Crippen LogP contribution is -2.48. The highest BCUT2D eigenvalue weighted by atomic mass is 16.6. The number of likely N-dealkylation sites (tertiary alicyclic amines) is 2. The van der Waals surface area contributed by atoms with Crippen molar-refractivity contribution in [3.05, 3.63) is 0 Å². The van der Waals surface area contributed by atoms with E-state index in [1.54, 1.807) is 4.90 Å². The molecular formula is C18H31N3O4. The summed E-state index contributed by atoms with van der Waals surface area (Å²) < 4.78 is 5.37. The molecule has 0 spiro atoms. The second kappa shape index (κ2) is 8.06. The van der Waals surface area contributed by atoms with Gasteiger partial charge in [-0.2, -0.15) is 0 Å². The maximum atomic E-state index is 12.4. The van der Waals surface area contributed by atoms with Gasteiger partial charge in [0.15, 0.2) is 0 Å². The summed E-state index contributed by atoms with van der Waals surface area (Å²) >= 11 is 0. The summed E-state index contributed by atoms with van der Waals surface area (Å²) in [5, 5.41) is 3.01. The summed E-state index contributed by atoms with van der Waals surface area (Å²) in [6.07, 6.45) is 2.49. The monoisotopic (exact) mass is 353 g/mol. The third-order valence-electron chi connectivity index (χ3n) is 4.57. The standard InChI is InChI=1S/C18H31N3O4/c1-13(12-21-9-5-6-15(21)22)19-16(23)14-7-10-20(11-8-14)17(24)25-18(2,3)4/h13-14H,5-12H2,1-4H3,(H,19,23)/t13-/m1/s1. The summed E-state index contributed by atoms with van der Waals surface area (Å²) in [7, 11) is 0. The van der Waals surface area contributed by atoms with Crippen LogP contribution in [0.4, 0.5) is 4.79 Å². The third kappa shape index (κ3) is 5.90. The molecule has 2 aliphatic rings. The largest absolute Gasteiger partial charge is 0.444 e. The molecule has 1 N–H and O–H groups in total. The van der Waals surface area contributed by atoms with E-state index < -0.39 is 5.60 Å². The molecule has 0 radical (unpaired) electrons. The molecule has 1 atom stereocenters. The lowest BCUT2D eigenvalue weighted by atomic mass is 9.96. The minimum Gasteiger partial charge on any atom is -0.444 e. The van der Waals surface area contributed by atoms with Crippen molar-refractivity contribution in [2.24, 2.45) is 5.92 Å². The van der Waals surface area contributed by atoms with Gasteiger partial charge < -0.3 is 19.9 Å². The van der Waals surface area contributed by atoms with Crippen LogP contribution in [0.1, 0.15) is 53.4 Å². The van der Waals surface area contributed by atoms with Gasteiger partial charge in [-0.3, -0.25) is 9.59 Å². The zero-order valence-electron chi connectivity index (χ0n) is 15.8. The van der Waals surface area contributed by atoms with Crippen molar-refractivity contribution in [3.63, 3.8) is 0 Å². The fraction of sp³-hybridized carbons (Fsp3) is 0.833. The van der Waals surface area contributed by atoms with Crippen molar-refractivity contribution in [1.82, 2.24) is 15.1 Å². The highest BCUT2D eigenvalue weighted by Gasteiger charge is 2.31. The molecule has 2 rings (SSSR count). The van der Waals surface area contributed by atoms with Gasteiger partial charge in [0.2, 0.25) is 11.8 Å². The number of carbonyl (C=O) groups is 3. The van der Waals surface area contributed by atoms with Crippen molar-refractivity contribution in [2.75, 3.05) is 26.2 Å². The van der Waals surface area contributed by atoms with Crippen LogP contribution in [-0.2, 0) is 14.3 Å². The van der Waals surface area contributed by atoms with Crippen LogP contribution < -0.4 is 5.32 Å². The first kappa shape index (κ1) is 19.5. The molecule has 2 fully saturated rings. The Kier molecular flexibility index (Phi) is 6.30. The van der Waals surface area contributed by atoms with Crippen molar-refractivity contribution in [3.8, 4) is 0 Å². The molecular weight excluding hydrogens is 322 g/mol. The summed E-state index contributed by atoms with van der Waals surface area (Å²) in [5.41, 5.74) is -0.506. The zero-order chi connectivity index (χ0) is 18.6. The predicted molar refractivity (Wildman–Crippen MR) is 93.9 cm³/mol.